The predicted octanol–water partition coefficient (Wildman–Crippen LogP) is 4.88. The smallest absolute Gasteiger partial charge is 0.300 e. The maximum atomic E-state index is 13.1. The van der Waals surface area contributed by atoms with Gasteiger partial charge in [-0.15, -0.1) is 0 Å². The van der Waals surface area contributed by atoms with E-state index in [4.69, 9.17) is 4.74 Å². The number of ketones is 1. The van der Waals surface area contributed by atoms with E-state index in [2.05, 4.69) is 0 Å². The van der Waals surface area contributed by atoms with E-state index in [1.165, 1.54) is 4.90 Å². The summed E-state index contributed by atoms with van der Waals surface area (Å²) in [5.74, 6) is -0.977. The second kappa shape index (κ2) is 8.48. The molecule has 0 spiro atoms. The lowest BCUT2D eigenvalue weighted by molar-refractivity contribution is -0.132. The number of carbonyl (C=O) groups is 2. The molecule has 0 saturated carbocycles. The van der Waals surface area contributed by atoms with Crippen LogP contribution in [0.25, 0.3) is 5.76 Å². The lowest BCUT2D eigenvalue weighted by Gasteiger charge is -2.25. The highest BCUT2D eigenvalue weighted by Gasteiger charge is 2.47. The molecule has 5 nitrogen and oxygen atoms in total. The molecule has 0 aromatic heterocycles. The quantitative estimate of drug-likeness (QED) is 0.368. The molecule has 0 radical (unpaired) electrons. The van der Waals surface area contributed by atoms with Gasteiger partial charge >= 0.3 is 0 Å². The first-order valence-corrected chi connectivity index (χ1v) is 10.1. The zero-order valence-corrected chi connectivity index (χ0v) is 17.4. The summed E-state index contributed by atoms with van der Waals surface area (Å²) in [6.45, 7) is 2.04. The van der Waals surface area contributed by atoms with Crippen molar-refractivity contribution >= 4 is 23.1 Å². The SMILES string of the molecule is CCc1ccc(/C(O)=C2/C(=O)C(=O)N(c3ccccc3)C2c2cccc(OC)c2)cc1. The van der Waals surface area contributed by atoms with Crippen LogP contribution in [0.3, 0.4) is 0 Å². The van der Waals surface area contributed by atoms with Crippen molar-refractivity contribution in [3.05, 3.63) is 101 Å². The minimum absolute atomic E-state index is 0.0614. The zero-order chi connectivity index (χ0) is 22.0. The third-order valence-electron chi connectivity index (χ3n) is 5.52. The molecular weight excluding hydrogens is 390 g/mol. The Morgan fingerprint density at radius 2 is 1.68 bits per heavy atom. The molecule has 1 fully saturated rings. The van der Waals surface area contributed by atoms with Gasteiger partial charge in [-0.1, -0.05) is 61.5 Å². The van der Waals surface area contributed by atoms with Crippen LogP contribution in [0.2, 0.25) is 0 Å². The molecule has 31 heavy (non-hydrogen) atoms. The van der Waals surface area contributed by atoms with Gasteiger partial charge in [-0.25, -0.2) is 0 Å². The van der Waals surface area contributed by atoms with Crippen LogP contribution in [0, 0.1) is 0 Å². The van der Waals surface area contributed by atoms with Gasteiger partial charge in [0.1, 0.15) is 11.5 Å². The van der Waals surface area contributed by atoms with E-state index in [9.17, 15) is 14.7 Å². The molecule has 1 N–H and O–H groups in total. The molecule has 1 amide bonds. The van der Waals surface area contributed by atoms with E-state index in [0.717, 1.165) is 12.0 Å². The van der Waals surface area contributed by atoms with Crippen LogP contribution in [0.5, 0.6) is 5.75 Å². The fraction of sp³-hybridized carbons (Fsp3) is 0.154. The molecule has 1 atom stereocenters. The van der Waals surface area contributed by atoms with Crippen molar-refractivity contribution in [2.24, 2.45) is 0 Å². The average Bonchev–Trinajstić information content (AvgIpc) is 3.09. The molecule has 4 rings (SSSR count). The van der Waals surface area contributed by atoms with Crippen molar-refractivity contribution in [3.8, 4) is 5.75 Å². The molecular formula is C26H23NO4. The monoisotopic (exact) mass is 413 g/mol. The summed E-state index contributed by atoms with van der Waals surface area (Å²) in [6.07, 6.45) is 0.864. The van der Waals surface area contributed by atoms with Gasteiger partial charge in [0.2, 0.25) is 0 Å². The molecule has 1 aliphatic rings. The number of para-hydroxylation sites is 1. The Bertz CT molecular complexity index is 1150. The van der Waals surface area contributed by atoms with Crippen LogP contribution in [0.4, 0.5) is 5.69 Å². The summed E-state index contributed by atoms with van der Waals surface area (Å²) in [4.78, 5) is 27.6. The lowest BCUT2D eigenvalue weighted by atomic mass is 9.94. The summed E-state index contributed by atoms with van der Waals surface area (Å²) < 4.78 is 5.35. The van der Waals surface area contributed by atoms with Gasteiger partial charge in [0.25, 0.3) is 11.7 Å². The van der Waals surface area contributed by atoms with Crippen molar-refractivity contribution in [1.29, 1.82) is 0 Å². The highest BCUT2D eigenvalue weighted by atomic mass is 16.5. The number of aryl methyl sites for hydroxylation is 1. The average molecular weight is 413 g/mol. The maximum absolute atomic E-state index is 13.1. The Hall–Kier alpha value is -3.86. The molecule has 1 saturated heterocycles. The minimum atomic E-state index is -0.775. The number of anilines is 1. The minimum Gasteiger partial charge on any atom is -0.507 e. The maximum Gasteiger partial charge on any atom is 0.300 e. The van der Waals surface area contributed by atoms with Gasteiger partial charge < -0.3 is 9.84 Å². The Kier molecular flexibility index (Phi) is 5.58. The van der Waals surface area contributed by atoms with Crippen molar-refractivity contribution in [1.82, 2.24) is 0 Å². The normalized spacial score (nSPS) is 17.7. The summed E-state index contributed by atoms with van der Waals surface area (Å²) >= 11 is 0. The standard InChI is InChI=1S/C26H23NO4/c1-3-17-12-14-18(15-13-17)24(28)22-23(19-8-7-11-21(16-19)31-2)27(26(30)25(22)29)20-9-5-4-6-10-20/h4-16,23,28H,3H2,1-2H3/b24-22-. The first-order valence-electron chi connectivity index (χ1n) is 10.1. The largest absolute Gasteiger partial charge is 0.507 e. The first kappa shape index (κ1) is 20.4. The zero-order valence-electron chi connectivity index (χ0n) is 17.4. The first-order chi connectivity index (χ1) is 15.0. The number of carbonyl (C=O) groups excluding carboxylic acids is 2. The number of aliphatic hydroxyl groups excluding tert-OH is 1. The van der Waals surface area contributed by atoms with E-state index in [1.807, 2.05) is 31.2 Å². The van der Waals surface area contributed by atoms with Crippen molar-refractivity contribution < 1.29 is 19.4 Å². The summed E-state index contributed by atoms with van der Waals surface area (Å²) in [6, 6.07) is 22.8. The number of ether oxygens (including phenoxy) is 1. The summed E-state index contributed by atoms with van der Waals surface area (Å²) in [7, 11) is 1.56. The molecule has 1 aliphatic heterocycles. The Morgan fingerprint density at radius 1 is 0.968 bits per heavy atom. The van der Waals surface area contributed by atoms with Gasteiger partial charge in [-0.3, -0.25) is 14.5 Å². The molecule has 0 aliphatic carbocycles. The van der Waals surface area contributed by atoms with Gasteiger partial charge in [0.15, 0.2) is 0 Å². The molecule has 0 bridgehead atoms. The van der Waals surface area contributed by atoms with Crippen LogP contribution >= 0.6 is 0 Å². The van der Waals surface area contributed by atoms with Crippen LogP contribution in [0.15, 0.2) is 84.4 Å². The Balaban J connectivity index is 1.93. The lowest BCUT2D eigenvalue weighted by Crippen LogP contribution is -2.29. The van der Waals surface area contributed by atoms with Gasteiger partial charge in [-0.05, 0) is 41.8 Å². The third-order valence-corrected chi connectivity index (χ3v) is 5.52. The predicted molar refractivity (Wildman–Crippen MR) is 120 cm³/mol. The highest BCUT2D eigenvalue weighted by Crippen LogP contribution is 2.42. The Morgan fingerprint density at radius 3 is 2.32 bits per heavy atom. The van der Waals surface area contributed by atoms with Crippen molar-refractivity contribution in [2.75, 3.05) is 12.0 Å². The number of aliphatic hydroxyl groups is 1. The van der Waals surface area contributed by atoms with E-state index in [0.29, 0.717) is 22.6 Å². The molecule has 3 aromatic rings. The second-order valence-electron chi connectivity index (χ2n) is 7.33. The number of nitrogens with zero attached hydrogens (tertiary/aromatic N) is 1. The van der Waals surface area contributed by atoms with Crippen LogP contribution in [-0.4, -0.2) is 23.9 Å². The van der Waals surface area contributed by atoms with Crippen LogP contribution in [0.1, 0.15) is 29.7 Å². The van der Waals surface area contributed by atoms with E-state index >= 15 is 0 Å². The number of hydrogen-bond donors (Lipinski definition) is 1. The van der Waals surface area contributed by atoms with Crippen LogP contribution < -0.4 is 9.64 Å². The number of amides is 1. The molecule has 1 unspecified atom stereocenters. The number of rotatable bonds is 5. The second-order valence-corrected chi connectivity index (χ2v) is 7.33. The summed E-state index contributed by atoms with van der Waals surface area (Å²) in [5, 5.41) is 11.1. The third kappa shape index (κ3) is 3.70. The van der Waals surface area contributed by atoms with Gasteiger partial charge in [0, 0.05) is 11.3 Å². The molecule has 156 valence electrons. The van der Waals surface area contributed by atoms with Crippen molar-refractivity contribution in [2.45, 2.75) is 19.4 Å². The molecule has 5 heteroatoms. The van der Waals surface area contributed by atoms with E-state index in [-0.39, 0.29) is 11.3 Å². The number of Topliss-reactive ketones (excluding diaryl/α,β-unsaturated/α-hetero) is 1. The molecule has 3 aromatic carbocycles. The summed E-state index contributed by atoms with van der Waals surface area (Å²) in [5.41, 5.74) is 2.93. The Labute approximate surface area is 181 Å². The van der Waals surface area contributed by atoms with Crippen LogP contribution in [-0.2, 0) is 16.0 Å². The number of hydrogen-bond acceptors (Lipinski definition) is 4. The fourth-order valence-corrected chi connectivity index (χ4v) is 3.87. The fourth-order valence-electron chi connectivity index (χ4n) is 3.87. The van der Waals surface area contributed by atoms with Crippen molar-refractivity contribution in [3.63, 3.8) is 0 Å². The van der Waals surface area contributed by atoms with E-state index < -0.39 is 17.7 Å². The molecule has 1 heterocycles. The van der Waals surface area contributed by atoms with Gasteiger partial charge in [0.05, 0.1) is 18.7 Å². The highest BCUT2D eigenvalue weighted by molar-refractivity contribution is 6.51. The number of methoxy groups -OCH3 is 1. The van der Waals surface area contributed by atoms with Gasteiger partial charge in [-0.2, -0.15) is 0 Å². The number of benzene rings is 3. The topological polar surface area (TPSA) is 66.8 Å². The van der Waals surface area contributed by atoms with E-state index in [1.54, 1.807) is 61.7 Å².